The van der Waals surface area contributed by atoms with Crippen molar-refractivity contribution < 1.29 is 0 Å². The zero-order valence-corrected chi connectivity index (χ0v) is 10.4. The number of anilines is 3. The standard InChI is InChI=1S/C9H14ClN5O/c1-13(2)9-11-6-5(7(16)12-9)14(3)8(10)15(6)4/h8H,1-4H3,(H,11,12,16). The zero-order chi connectivity index (χ0) is 12.0. The first kappa shape index (κ1) is 11.1. The van der Waals surface area contributed by atoms with E-state index >= 15 is 0 Å². The average molecular weight is 244 g/mol. The normalized spacial score (nSPS) is 18.9. The molecule has 0 radical (unpaired) electrons. The van der Waals surface area contributed by atoms with Crippen molar-refractivity contribution in [1.82, 2.24) is 9.97 Å². The van der Waals surface area contributed by atoms with Crippen LogP contribution in [0.25, 0.3) is 0 Å². The molecule has 0 saturated carbocycles. The molecule has 0 fully saturated rings. The Morgan fingerprint density at radius 1 is 1.38 bits per heavy atom. The van der Waals surface area contributed by atoms with Crippen molar-refractivity contribution >= 4 is 29.1 Å². The molecule has 7 heteroatoms. The minimum atomic E-state index is -0.374. The Morgan fingerprint density at radius 2 is 2.00 bits per heavy atom. The maximum atomic E-state index is 11.9. The third-order valence-electron chi connectivity index (χ3n) is 2.61. The van der Waals surface area contributed by atoms with E-state index in [2.05, 4.69) is 9.97 Å². The lowest BCUT2D eigenvalue weighted by Gasteiger charge is -2.19. The minimum Gasteiger partial charge on any atom is -0.348 e. The summed E-state index contributed by atoms with van der Waals surface area (Å²) in [6, 6.07) is 0. The maximum Gasteiger partial charge on any atom is 0.278 e. The highest BCUT2D eigenvalue weighted by atomic mass is 35.5. The van der Waals surface area contributed by atoms with E-state index in [1.807, 2.05) is 21.1 Å². The summed E-state index contributed by atoms with van der Waals surface area (Å²) >= 11 is 6.13. The van der Waals surface area contributed by atoms with E-state index in [9.17, 15) is 4.79 Å². The second kappa shape index (κ2) is 3.55. The van der Waals surface area contributed by atoms with Crippen LogP contribution in [0.5, 0.6) is 0 Å². The summed E-state index contributed by atoms with van der Waals surface area (Å²) in [6.07, 6.45) is 0. The van der Waals surface area contributed by atoms with Crippen LogP contribution in [-0.2, 0) is 0 Å². The highest BCUT2D eigenvalue weighted by Crippen LogP contribution is 2.34. The average Bonchev–Trinajstić information content (AvgIpc) is 2.44. The minimum absolute atomic E-state index is 0.175. The molecule has 0 saturated heterocycles. The molecule has 0 spiro atoms. The van der Waals surface area contributed by atoms with Gasteiger partial charge in [0.05, 0.1) is 0 Å². The van der Waals surface area contributed by atoms with Gasteiger partial charge in [-0.2, -0.15) is 4.98 Å². The number of nitrogens with one attached hydrogen (secondary N) is 1. The quantitative estimate of drug-likeness (QED) is 0.566. The molecular formula is C9H14ClN5O. The van der Waals surface area contributed by atoms with Crippen LogP contribution in [0.4, 0.5) is 17.5 Å². The number of aromatic nitrogens is 2. The van der Waals surface area contributed by atoms with Gasteiger partial charge in [0.25, 0.3) is 5.56 Å². The fraction of sp³-hybridized carbons (Fsp3) is 0.556. The number of rotatable bonds is 1. The molecule has 1 atom stereocenters. The van der Waals surface area contributed by atoms with Crippen molar-refractivity contribution in [2.24, 2.45) is 0 Å². The van der Waals surface area contributed by atoms with Crippen molar-refractivity contribution in [1.29, 1.82) is 0 Å². The predicted octanol–water partition coefficient (Wildman–Crippen LogP) is 0.244. The highest BCUT2D eigenvalue weighted by Gasteiger charge is 2.33. The third-order valence-corrected chi connectivity index (χ3v) is 3.20. The van der Waals surface area contributed by atoms with Gasteiger partial charge in [0.1, 0.15) is 5.69 Å². The lowest BCUT2D eigenvalue weighted by Crippen LogP contribution is -2.34. The van der Waals surface area contributed by atoms with Crippen molar-refractivity contribution in [2.75, 3.05) is 42.9 Å². The molecule has 0 bridgehead atoms. The first-order valence-corrected chi connectivity index (χ1v) is 5.28. The van der Waals surface area contributed by atoms with Crippen LogP contribution in [-0.4, -0.2) is 43.8 Å². The van der Waals surface area contributed by atoms with Gasteiger partial charge in [-0.15, -0.1) is 0 Å². The Balaban J connectivity index is 2.63. The van der Waals surface area contributed by atoms with Gasteiger partial charge in [0.2, 0.25) is 5.95 Å². The second-order valence-electron chi connectivity index (χ2n) is 3.99. The van der Waals surface area contributed by atoms with Gasteiger partial charge in [-0.25, -0.2) is 0 Å². The molecule has 1 unspecified atom stereocenters. The number of hydrogen-bond acceptors (Lipinski definition) is 5. The molecule has 0 aliphatic carbocycles. The lowest BCUT2D eigenvalue weighted by molar-refractivity contribution is 0.837. The fourth-order valence-electron chi connectivity index (χ4n) is 1.69. The smallest absolute Gasteiger partial charge is 0.278 e. The maximum absolute atomic E-state index is 11.9. The van der Waals surface area contributed by atoms with Crippen molar-refractivity contribution in [2.45, 2.75) is 5.62 Å². The number of aromatic amines is 1. The van der Waals surface area contributed by atoms with Crippen molar-refractivity contribution in [3.05, 3.63) is 10.4 Å². The summed E-state index contributed by atoms with van der Waals surface area (Å²) in [5.41, 5.74) is -0.0414. The Hall–Kier alpha value is -1.43. The summed E-state index contributed by atoms with van der Waals surface area (Å²) < 4.78 is 0. The summed E-state index contributed by atoms with van der Waals surface area (Å²) in [4.78, 5) is 24.2. The van der Waals surface area contributed by atoms with Crippen LogP contribution in [0.1, 0.15) is 0 Å². The van der Waals surface area contributed by atoms with Gasteiger partial charge >= 0.3 is 0 Å². The molecule has 88 valence electrons. The SMILES string of the molecule is CN(C)c1nc2c(c(=O)[nH]1)N(C)C(Cl)N2C. The molecule has 0 amide bonds. The number of halogens is 1. The van der Waals surface area contributed by atoms with E-state index < -0.39 is 0 Å². The number of hydrogen-bond donors (Lipinski definition) is 1. The second-order valence-corrected chi connectivity index (χ2v) is 4.38. The third kappa shape index (κ3) is 1.41. The zero-order valence-electron chi connectivity index (χ0n) is 9.65. The van der Waals surface area contributed by atoms with Crippen LogP contribution >= 0.6 is 11.6 Å². The predicted molar refractivity (Wildman–Crippen MR) is 65.6 cm³/mol. The molecule has 6 nitrogen and oxygen atoms in total. The lowest BCUT2D eigenvalue weighted by atomic mass is 10.4. The van der Waals surface area contributed by atoms with E-state index in [4.69, 9.17) is 11.6 Å². The Morgan fingerprint density at radius 3 is 2.56 bits per heavy atom. The van der Waals surface area contributed by atoms with Gasteiger partial charge in [0.15, 0.2) is 11.4 Å². The molecule has 1 aliphatic rings. The van der Waals surface area contributed by atoms with E-state index in [1.54, 1.807) is 21.7 Å². The van der Waals surface area contributed by atoms with E-state index in [0.717, 1.165) is 0 Å². The van der Waals surface area contributed by atoms with Gasteiger partial charge in [0, 0.05) is 28.2 Å². The summed E-state index contributed by atoms with van der Waals surface area (Å²) in [5.74, 6) is 1.13. The van der Waals surface area contributed by atoms with Crippen molar-refractivity contribution in [3.8, 4) is 0 Å². The van der Waals surface area contributed by atoms with Gasteiger partial charge in [-0.3, -0.25) is 9.78 Å². The molecule has 2 rings (SSSR count). The Labute approximate surface area is 98.4 Å². The van der Waals surface area contributed by atoms with Crippen LogP contribution < -0.4 is 20.3 Å². The van der Waals surface area contributed by atoms with Gasteiger partial charge in [-0.1, -0.05) is 11.6 Å². The summed E-state index contributed by atoms with van der Waals surface area (Å²) in [6.45, 7) is 0. The van der Waals surface area contributed by atoms with Gasteiger partial charge in [-0.05, 0) is 0 Å². The summed E-state index contributed by atoms with van der Waals surface area (Å²) in [7, 11) is 7.22. The monoisotopic (exact) mass is 243 g/mol. The number of fused-ring (bicyclic) bond motifs is 1. The number of nitrogens with zero attached hydrogens (tertiary/aromatic N) is 4. The highest BCUT2D eigenvalue weighted by molar-refractivity contribution is 6.24. The Bertz CT molecular complexity index is 471. The van der Waals surface area contributed by atoms with Gasteiger partial charge < -0.3 is 14.7 Å². The van der Waals surface area contributed by atoms with Crippen LogP contribution in [0.2, 0.25) is 0 Å². The molecule has 16 heavy (non-hydrogen) atoms. The Kier molecular flexibility index (Phi) is 2.46. The number of alkyl halides is 1. The first-order valence-electron chi connectivity index (χ1n) is 4.85. The number of H-pyrrole nitrogens is 1. The van der Waals surface area contributed by atoms with Crippen molar-refractivity contribution in [3.63, 3.8) is 0 Å². The fourth-order valence-corrected chi connectivity index (χ4v) is 1.88. The molecule has 2 heterocycles. The summed E-state index contributed by atoms with van der Waals surface area (Å²) in [5, 5.41) is 0. The molecule has 0 aromatic carbocycles. The molecular weight excluding hydrogens is 230 g/mol. The van der Waals surface area contributed by atoms with E-state index in [1.165, 1.54) is 0 Å². The molecule has 1 aliphatic heterocycles. The van der Waals surface area contributed by atoms with Crippen LogP contribution in [0, 0.1) is 0 Å². The molecule has 1 aromatic rings. The largest absolute Gasteiger partial charge is 0.348 e. The first-order chi connectivity index (χ1) is 7.43. The van der Waals surface area contributed by atoms with E-state index in [-0.39, 0.29) is 11.2 Å². The molecule has 1 N–H and O–H groups in total. The van der Waals surface area contributed by atoms with Crippen LogP contribution in [0.3, 0.4) is 0 Å². The van der Waals surface area contributed by atoms with E-state index in [0.29, 0.717) is 17.5 Å². The van der Waals surface area contributed by atoms with Crippen LogP contribution in [0.15, 0.2) is 4.79 Å². The topological polar surface area (TPSA) is 55.5 Å². The molecule has 1 aromatic heterocycles.